The molecule has 1 aliphatic heterocycles. The van der Waals surface area contributed by atoms with Crippen molar-refractivity contribution in [2.45, 2.75) is 6.54 Å². The molecule has 0 saturated carbocycles. The van der Waals surface area contributed by atoms with Crippen LogP contribution in [0.5, 0.6) is 0 Å². The lowest BCUT2D eigenvalue weighted by Gasteiger charge is -2.27. The molecule has 7 heteroatoms. The van der Waals surface area contributed by atoms with E-state index in [0.29, 0.717) is 65.4 Å². The summed E-state index contributed by atoms with van der Waals surface area (Å²) >= 11 is 0. The largest absolute Gasteiger partial charge is 0.440 e. The Morgan fingerprint density at radius 1 is 1.17 bits per heavy atom. The maximum Gasteiger partial charge on any atom is 0.200 e. The Kier molecular flexibility index (Phi) is 5.28. The van der Waals surface area contributed by atoms with Crippen molar-refractivity contribution in [3.63, 3.8) is 0 Å². The summed E-state index contributed by atoms with van der Waals surface area (Å²) in [4.78, 5) is 14.7. The minimum absolute atomic E-state index is 0.166. The molecule has 1 aliphatic rings. The maximum absolute atomic E-state index is 13.6. The van der Waals surface area contributed by atoms with E-state index in [1.54, 1.807) is 18.2 Å². The zero-order valence-corrected chi connectivity index (χ0v) is 15.7. The van der Waals surface area contributed by atoms with Gasteiger partial charge in [0, 0.05) is 42.5 Å². The Morgan fingerprint density at radius 2 is 1.97 bits per heavy atom. The zero-order chi connectivity index (χ0) is 20.4. The van der Waals surface area contributed by atoms with Crippen LogP contribution in [0, 0.1) is 18.2 Å². The number of nitrogens with zero attached hydrogens (tertiary/aromatic N) is 1. The van der Waals surface area contributed by atoms with Crippen molar-refractivity contribution in [2.24, 2.45) is 0 Å². The number of terminal acetylenes is 1. The van der Waals surface area contributed by atoms with Crippen LogP contribution in [0.2, 0.25) is 0 Å². The summed E-state index contributed by atoms with van der Waals surface area (Å²) < 4.78 is 25.1. The first kappa shape index (κ1) is 19.1. The van der Waals surface area contributed by atoms with E-state index in [1.165, 1.54) is 18.2 Å². The van der Waals surface area contributed by atoms with Gasteiger partial charge in [-0.05, 0) is 30.3 Å². The molecule has 144 valence electrons. The van der Waals surface area contributed by atoms with Gasteiger partial charge in [0.1, 0.15) is 19.2 Å². The standard InChI is InChI=1S/C22H18BFN2O3/c1-2-14-7-15(13-25-18-10-16(23)9-17(24)11-18)22-19(8-14)20(27)12-21(29-22)26-3-5-28-6-4-26/h1,7-12,25H,3-6,13H2. The molecule has 29 heavy (non-hydrogen) atoms. The van der Waals surface area contributed by atoms with Crippen molar-refractivity contribution < 1.29 is 13.5 Å². The number of hydrogen-bond donors (Lipinski definition) is 1. The van der Waals surface area contributed by atoms with E-state index in [0.717, 1.165) is 0 Å². The summed E-state index contributed by atoms with van der Waals surface area (Å²) in [6.07, 6.45) is 5.56. The molecule has 0 spiro atoms. The van der Waals surface area contributed by atoms with Gasteiger partial charge < -0.3 is 19.4 Å². The molecule has 3 aromatic rings. The SMILES string of the molecule is [B]c1cc(F)cc(NCc2cc(C#C)cc3c(=O)cc(N4CCOCC4)oc23)c1. The molecule has 5 nitrogen and oxygen atoms in total. The number of benzene rings is 2. The van der Waals surface area contributed by atoms with Crippen LogP contribution < -0.4 is 21.1 Å². The van der Waals surface area contributed by atoms with Gasteiger partial charge in [-0.1, -0.05) is 11.4 Å². The van der Waals surface area contributed by atoms with Gasteiger partial charge in [0.15, 0.2) is 11.3 Å². The van der Waals surface area contributed by atoms with Gasteiger partial charge in [-0.15, -0.1) is 6.42 Å². The fourth-order valence-corrected chi connectivity index (χ4v) is 3.38. The predicted molar refractivity (Wildman–Crippen MR) is 113 cm³/mol. The first-order valence-corrected chi connectivity index (χ1v) is 9.23. The van der Waals surface area contributed by atoms with E-state index in [9.17, 15) is 9.18 Å². The van der Waals surface area contributed by atoms with Crippen LogP contribution in [0.15, 0.2) is 45.6 Å². The van der Waals surface area contributed by atoms with Crippen LogP contribution in [0.3, 0.4) is 0 Å². The molecule has 1 saturated heterocycles. The highest BCUT2D eigenvalue weighted by molar-refractivity contribution is 6.32. The lowest BCUT2D eigenvalue weighted by atomic mass is 9.95. The lowest BCUT2D eigenvalue weighted by molar-refractivity contribution is 0.121. The first-order valence-electron chi connectivity index (χ1n) is 9.23. The molecule has 4 rings (SSSR count). The molecule has 0 bridgehead atoms. The second-order valence-electron chi connectivity index (χ2n) is 6.83. The third-order valence-electron chi connectivity index (χ3n) is 4.79. The summed E-state index contributed by atoms with van der Waals surface area (Å²) in [7, 11) is 5.70. The van der Waals surface area contributed by atoms with E-state index >= 15 is 0 Å². The number of hydrogen-bond acceptors (Lipinski definition) is 5. The molecule has 0 amide bonds. The second kappa shape index (κ2) is 8.02. The first-order chi connectivity index (χ1) is 14.0. The van der Waals surface area contributed by atoms with Crippen molar-refractivity contribution in [1.82, 2.24) is 0 Å². The van der Waals surface area contributed by atoms with Crippen LogP contribution in [0.25, 0.3) is 11.0 Å². The zero-order valence-electron chi connectivity index (χ0n) is 15.7. The van der Waals surface area contributed by atoms with Crippen LogP contribution in [-0.2, 0) is 11.3 Å². The predicted octanol–water partition coefficient (Wildman–Crippen LogP) is 2.16. The molecule has 1 fully saturated rings. The Morgan fingerprint density at radius 3 is 2.69 bits per heavy atom. The highest BCUT2D eigenvalue weighted by Gasteiger charge is 2.17. The van der Waals surface area contributed by atoms with E-state index < -0.39 is 5.82 Å². The molecule has 1 aromatic heterocycles. The van der Waals surface area contributed by atoms with Crippen molar-refractivity contribution in [3.8, 4) is 12.3 Å². The summed E-state index contributed by atoms with van der Waals surface area (Å²) in [5.74, 6) is 2.63. The van der Waals surface area contributed by atoms with Crippen LogP contribution in [0.4, 0.5) is 16.0 Å². The van der Waals surface area contributed by atoms with Crippen molar-refractivity contribution in [3.05, 3.63) is 63.6 Å². The van der Waals surface area contributed by atoms with Gasteiger partial charge in [-0.25, -0.2) is 4.39 Å². The Balaban J connectivity index is 1.75. The normalized spacial score (nSPS) is 14.0. The highest BCUT2D eigenvalue weighted by atomic mass is 19.1. The van der Waals surface area contributed by atoms with Gasteiger partial charge in [0.05, 0.1) is 18.6 Å². The minimum Gasteiger partial charge on any atom is -0.440 e. The Bertz CT molecular complexity index is 1140. The number of nitrogens with one attached hydrogen (secondary N) is 1. The van der Waals surface area contributed by atoms with Crippen molar-refractivity contribution >= 4 is 35.8 Å². The molecule has 0 atom stereocenters. The number of fused-ring (bicyclic) bond motifs is 1. The van der Waals surface area contributed by atoms with Crippen LogP contribution >= 0.6 is 0 Å². The third-order valence-corrected chi connectivity index (χ3v) is 4.79. The average Bonchev–Trinajstić information content (AvgIpc) is 2.72. The van der Waals surface area contributed by atoms with E-state index in [4.69, 9.17) is 23.4 Å². The van der Waals surface area contributed by atoms with E-state index in [1.807, 2.05) is 4.90 Å². The average molecular weight is 388 g/mol. The lowest BCUT2D eigenvalue weighted by Crippen LogP contribution is -2.36. The van der Waals surface area contributed by atoms with Crippen molar-refractivity contribution in [2.75, 3.05) is 36.5 Å². The Labute approximate surface area is 168 Å². The summed E-state index contributed by atoms with van der Waals surface area (Å²) in [6.45, 7) is 2.73. The van der Waals surface area contributed by atoms with E-state index in [2.05, 4.69) is 11.2 Å². The topological polar surface area (TPSA) is 54.7 Å². The van der Waals surface area contributed by atoms with Crippen LogP contribution in [-0.4, -0.2) is 34.1 Å². The van der Waals surface area contributed by atoms with Crippen molar-refractivity contribution in [1.29, 1.82) is 0 Å². The van der Waals surface area contributed by atoms with Gasteiger partial charge in [-0.3, -0.25) is 4.79 Å². The summed E-state index contributed by atoms with van der Waals surface area (Å²) in [5, 5.41) is 3.53. The summed E-state index contributed by atoms with van der Waals surface area (Å²) in [5.41, 5.74) is 2.39. The molecular weight excluding hydrogens is 370 g/mol. The third kappa shape index (κ3) is 4.13. The molecule has 1 N–H and O–H groups in total. The van der Waals surface area contributed by atoms with Gasteiger partial charge >= 0.3 is 0 Å². The number of morpholine rings is 1. The molecule has 0 aliphatic carbocycles. The Hall–Kier alpha value is -3.24. The maximum atomic E-state index is 13.6. The quantitative estimate of drug-likeness (QED) is 0.549. The second-order valence-corrected chi connectivity index (χ2v) is 6.83. The minimum atomic E-state index is -0.434. The number of halogens is 1. The van der Waals surface area contributed by atoms with Gasteiger partial charge in [0.25, 0.3) is 0 Å². The number of ether oxygens (including phenoxy) is 1. The van der Waals surface area contributed by atoms with Gasteiger partial charge in [0.2, 0.25) is 0 Å². The molecule has 2 aromatic carbocycles. The summed E-state index contributed by atoms with van der Waals surface area (Å²) in [6, 6.07) is 9.13. The van der Waals surface area contributed by atoms with Crippen LogP contribution in [0.1, 0.15) is 11.1 Å². The fraction of sp³-hybridized carbons (Fsp3) is 0.227. The molecule has 2 radical (unpaired) electrons. The number of anilines is 2. The van der Waals surface area contributed by atoms with Gasteiger partial charge in [-0.2, -0.15) is 0 Å². The number of rotatable bonds is 4. The monoisotopic (exact) mass is 388 g/mol. The highest BCUT2D eigenvalue weighted by Crippen LogP contribution is 2.25. The van der Waals surface area contributed by atoms with E-state index in [-0.39, 0.29) is 12.0 Å². The molecular formula is C22H18BFN2O3. The smallest absolute Gasteiger partial charge is 0.200 e. The fourth-order valence-electron chi connectivity index (χ4n) is 3.38. The molecule has 0 unspecified atom stereocenters. The molecule has 2 heterocycles.